The Bertz CT molecular complexity index is 655. The van der Waals surface area contributed by atoms with Crippen LogP contribution in [-0.4, -0.2) is 17.8 Å². The molecule has 0 bridgehead atoms. The highest BCUT2D eigenvalue weighted by molar-refractivity contribution is 5.13. The minimum absolute atomic E-state index is 0.130. The number of hydrogen-bond donors (Lipinski definition) is 1. The highest BCUT2D eigenvalue weighted by Crippen LogP contribution is 2.22. The summed E-state index contributed by atoms with van der Waals surface area (Å²) in [5.41, 5.74) is 1.22. The van der Waals surface area contributed by atoms with Crippen LogP contribution in [0.3, 0.4) is 0 Å². The standard InChI is InChI=1S/C39H70O2/c1-3-5-7-9-11-13-15-17-19-21-23-25-30-34-39(41-36-37-31-27-26-28-32-37)38(35-40)33-29-24-22-20-18-16-14-12-10-8-6-4-2/h24,26-29,31-32,38-40H,3-23,25,30,33-36H2,1-2H3/b29-24+/t38-,39+/m0/s1. The van der Waals surface area contributed by atoms with Crippen molar-refractivity contribution < 1.29 is 9.84 Å². The lowest BCUT2D eigenvalue weighted by Crippen LogP contribution is -2.27. The number of benzene rings is 1. The number of ether oxygens (including phenoxy) is 1. The third-order valence-corrected chi connectivity index (χ3v) is 8.74. The van der Waals surface area contributed by atoms with Crippen molar-refractivity contribution in [2.75, 3.05) is 6.61 Å². The Hall–Kier alpha value is -1.12. The van der Waals surface area contributed by atoms with Gasteiger partial charge >= 0.3 is 0 Å². The van der Waals surface area contributed by atoms with Gasteiger partial charge in [0, 0.05) is 12.5 Å². The van der Waals surface area contributed by atoms with Crippen LogP contribution < -0.4 is 0 Å². The first-order chi connectivity index (χ1) is 20.3. The predicted octanol–water partition coefficient (Wildman–Crippen LogP) is 12.5. The molecular formula is C39H70O2. The molecule has 0 aliphatic carbocycles. The second-order valence-electron chi connectivity index (χ2n) is 12.6. The summed E-state index contributed by atoms with van der Waals surface area (Å²) in [5.74, 6) is 0.190. The van der Waals surface area contributed by atoms with Gasteiger partial charge in [-0.3, -0.25) is 0 Å². The summed E-state index contributed by atoms with van der Waals surface area (Å²) in [5, 5.41) is 10.3. The maximum Gasteiger partial charge on any atom is 0.0720 e. The van der Waals surface area contributed by atoms with Crippen molar-refractivity contribution in [3.63, 3.8) is 0 Å². The molecule has 0 saturated carbocycles. The van der Waals surface area contributed by atoms with E-state index in [-0.39, 0.29) is 18.6 Å². The van der Waals surface area contributed by atoms with Gasteiger partial charge in [0.1, 0.15) is 0 Å². The van der Waals surface area contributed by atoms with Crippen molar-refractivity contribution in [1.29, 1.82) is 0 Å². The molecule has 0 aromatic heterocycles. The van der Waals surface area contributed by atoms with Gasteiger partial charge in [-0.25, -0.2) is 0 Å². The van der Waals surface area contributed by atoms with Gasteiger partial charge in [0.05, 0.1) is 12.7 Å². The van der Waals surface area contributed by atoms with Crippen LogP contribution in [0.15, 0.2) is 42.5 Å². The van der Waals surface area contributed by atoms with E-state index in [1.165, 1.54) is 153 Å². The Balaban J connectivity index is 2.26. The van der Waals surface area contributed by atoms with Crippen LogP contribution in [0, 0.1) is 5.92 Å². The number of aliphatic hydroxyl groups is 1. The van der Waals surface area contributed by atoms with Crippen LogP contribution >= 0.6 is 0 Å². The molecule has 0 radical (unpaired) electrons. The van der Waals surface area contributed by atoms with Gasteiger partial charge in [0.2, 0.25) is 0 Å². The van der Waals surface area contributed by atoms with Crippen LogP contribution in [0.5, 0.6) is 0 Å². The summed E-state index contributed by atoms with van der Waals surface area (Å²) >= 11 is 0. The monoisotopic (exact) mass is 571 g/mol. The lowest BCUT2D eigenvalue weighted by molar-refractivity contribution is -0.0215. The first kappa shape index (κ1) is 37.9. The smallest absolute Gasteiger partial charge is 0.0720 e. The van der Waals surface area contributed by atoms with Crippen LogP contribution in [0.4, 0.5) is 0 Å². The molecule has 1 aromatic carbocycles. The first-order valence-corrected chi connectivity index (χ1v) is 18.2. The van der Waals surface area contributed by atoms with Gasteiger partial charge in [-0.2, -0.15) is 0 Å². The van der Waals surface area contributed by atoms with E-state index in [0.717, 1.165) is 12.8 Å². The molecule has 1 rings (SSSR count). The highest BCUT2D eigenvalue weighted by atomic mass is 16.5. The lowest BCUT2D eigenvalue weighted by Gasteiger charge is -2.25. The molecular weight excluding hydrogens is 500 g/mol. The van der Waals surface area contributed by atoms with Gasteiger partial charge < -0.3 is 9.84 Å². The van der Waals surface area contributed by atoms with Crippen LogP contribution in [0.25, 0.3) is 0 Å². The van der Waals surface area contributed by atoms with Gasteiger partial charge in [-0.05, 0) is 31.2 Å². The van der Waals surface area contributed by atoms with Gasteiger partial charge in [0.15, 0.2) is 0 Å². The number of rotatable bonds is 31. The molecule has 238 valence electrons. The predicted molar refractivity (Wildman–Crippen MR) is 182 cm³/mol. The Morgan fingerprint density at radius 3 is 1.54 bits per heavy atom. The van der Waals surface area contributed by atoms with E-state index >= 15 is 0 Å². The molecule has 0 heterocycles. The SMILES string of the molecule is CCCCCCCCCCC/C=C/C[C@@H](CO)[C@@H](CCCCCCCCCCCCCCC)OCc1ccccc1. The molecule has 0 spiro atoms. The fourth-order valence-electron chi connectivity index (χ4n) is 5.90. The van der Waals surface area contributed by atoms with E-state index in [1.807, 2.05) is 0 Å². The molecule has 0 fully saturated rings. The van der Waals surface area contributed by atoms with E-state index < -0.39 is 0 Å². The van der Waals surface area contributed by atoms with Crippen molar-refractivity contribution in [2.24, 2.45) is 5.92 Å². The molecule has 2 nitrogen and oxygen atoms in total. The Morgan fingerprint density at radius 1 is 0.585 bits per heavy atom. The summed E-state index contributed by atoms with van der Waals surface area (Å²) < 4.78 is 6.45. The van der Waals surface area contributed by atoms with Crippen molar-refractivity contribution in [2.45, 2.75) is 187 Å². The average molecular weight is 571 g/mol. The molecule has 0 aliphatic rings. The first-order valence-electron chi connectivity index (χ1n) is 18.2. The van der Waals surface area contributed by atoms with E-state index in [2.05, 4.69) is 56.3 Å². The quantitative estimate of drug-likeness (QED) is 0.0710. The second-order valence-corrected chi connectivity index (χ2v) is 12.6. The summed E-state index contributed by atoms with van der Waals surface area (Å²) in [6.45, 7) is 5.43. The van der Waals surface area contributed by atoms with Crippen LogP contribution in [0.2, 0.25) is 0 Å². The summed E-state index contributed by atoms with van der Waals surface area (Å²) in [7, 11) is 0. The van der Waals surface area contributed by atoms with E-state index in [0.29, 0.717) is 6.61 Å². The number of unbranched alkanes of at least 4 members (excludes halogenated alkanes) is 21. The summed E-state index contributed by atoms with van der Waals surface area (Å²) in [4.78, 5) is 0. The third kappa shape index (κ3) is 24.1. The lowest BCUT2D eigenvalue weighted by atomic mass is 9.93. The molecule has 0 saturated heterocycles. The van der Waals surface area contributed by atoms with Crippen LogP contribution in [-0.2, 0) is 11.3 Å². The van der Waals surface area contributed by atoms with E-state index in [1.54, 1.807) is 0 Å². The Labute approximate surface area is 257 Å². The molecule has 0 unspecified atom stereocenters. The van der Waals surface area contributed by atoms with Crippen LogP contribution in [0.1, 0.15) is 180 Å². The molecule has 0 aliphatic heterocycles. The van der Waals surface area contributed by atoms with Gasteiger partial charge in [-0.1, -0.05) is 191 Å². The molecule has 1 N–H and O–H groups in total. The van der Waals surface area contributed by atoms with Crippen molar-refractivity contribution in [3.8, 4) is 0 Å². The highest BCUT2D eigenvalue weighted by Gasteiger charge is 2.20. The fraction of sp³-hybridized carbons (Fsp3) is 0.795. The van der Waals surface area contributed by atoms with Crippen molar-refractivity contribution in [1.82, 2.24) is 0 Å². The van der Waals surface area contributed by atoms with E-state index in [9.17, 15) is 5.11 Å². The zero-order chi connectivity index (χ0) is 29.5. The van der Waals surface area contributed by atoms with Gasteiger partial charge in [-0.15, -0.1) is 0 Å². The number of aliphatic hydroxyl groups excluding tert-OH is 1. The Kier molecular flexibility index (Phi) is 28.1. The average Bonchev–Trinajstić information content (AvgIpc) is 3.00. The summed E-state index contributed by atoms with van der Waals surface area (Å²) in [6.07, 6.45) is 38.3. The topological polar surface area (TPSA) is 29.5 Å². The number of allylic oxidation sites excluding steroid dienone is 2. The normalized spacial score (nSPS) is 13.2. The fourth-order valence-corrected chi connectivity index (χ4v) is 5.90. The zero-order valence-corrected chi connectivity index (χ0v) is 27.6. The Morgan fingerprint density at radius 2 is 1.05 bits per heavy atom. The minimum atomic E-state index is 0.130. The summed E-state index contributed by atoms with van der Waals surface area (Å²) in [6, 6.07) is 10.5. The minimum Gasteiger partial charge on any atom is -0.396 e. The molecule has 1 aromatic rings. The number of hydrogen-bond acceptors (Lipinski definition) is 2. The second kappa shape index (κ2) is 30.3. The molecule has 0 amide bonds. The largest absolute Gasteiger partial charge is 0.396 e. The van der Waals surface area contributed by atoms with E-state index in [4.69, 9.17) is 4.74 Å². The third-order valence-electron chi connectivity index (χ3n) is 8.74. The molecule has 41 heavy (non-hydrogen) atoms. The zero-order valence-electron chi connectivity index (χ0n) is 27.6. The maximum absolute atomic E-state index is 10.3. The van der Waals surface area contributed by atoms with Gasteiger partial charge in [0.25, 0.3) is 0 Å². The molecule has 2 heteroatoms. The van der Waals surface area contributed by atoms with Crippen molar-refractivity contribution >= 4 is 0 Å². The van der Waals surface area contributed by atoms with Crippen molar-refractivity contribution in [3.05, 3.63) is 48.0 Å². The maximum atomic E-state index is 10.3. The molecule has 2 atom stereocenters.